The maximum atomic E-state index is 13.7. The smallest absolute Gasteiger partial charge is 0.337 e. The minimum atomic E-state index is -1.35. The number of hydrogen-bond acceptors (Lipinski definition) is 3. The number of anilines is 2. The summed E-state index contributed by atoms with van der Waals surface area (Å²) in [4.78, 5) is 23.1. The summed E-state index contributed by atoms with van der Waals surface area (Å²) in [6, 6.07) is 7.63. The number of carbonyl (C=O) groups is 2. The van der Waals surface area contributed by atoms with Crippen LogP contribution in [0, 0.1) is 5.82 Å². The Labute approximate surface area is 124 Å². The average Bonchev–Trinajstić information content (AvgIpc) is 2.43. The molecule has 0 unspecified atom stereocenters. The SMILES string of the molecule is Nc1ccc(C(=O)Nc2c(F)cccc2C(=O)O)cc1Cl. The van der Waals surface area contributed by atoms with Crippen LogP contribution >= 0.6 is 11.6 Å². The van der Waals surface area contributed by atoms with Crippen LogP contribution in [0.3, 0.4) is 0 Å². The molecular formula is C14H10ClFN2O3. The largest absolute Gasteiger partial charge is 0.478 e. The van der Waals surface area contributed by atoms with E-state index in [4.69, 9.17) is 22.4 Å². The van der Waals surface area contributed by atoms with Gasteiger partial charge in [0.2, 0.25) is 0 Å². The van der Waals surface area contributed by atoms with E-state index in [9.17, 15) is 14.0 Å². The normalized spacial score (nSPS) is 10.2. The minimum Gasteiger partial charge on any atom is -0.478 e. The van der Waals surface area contributed by atoms with E-state index in [0.29, 0.717) is 5.69 Å². The number of nitrogens with one attached hydrogen (secondary N) is 1. The lowest BCUT2D eigenvalue weighted by atomic mass is 10.1. The number of para-hydroxylation sites is 1. The highest BCUT2D eigenvalue weighted by Gasteiger charge is 2.17. The third-order valence-corrected chi connectivity index (χ3v) is 3.07. The van der Waals surface area contributed by atoms with Crippen molar-refractivity contribution in [2.24, 2.45) is 0 Å². The van der Waals surface area contributed by atoms with Crippen molar-refractivity contribution in [1.29, 1.82) is 0 Å². The van der Waals surface area contributed by atoms with Gasteiger partial charge in [0.1, 0.15) is 5.82 Å². The second kappa shape index (κ2) is 5.80. The number of rotatable bonds is 3. The number of carbonyl (C=O) groups excluding carboxylic acids is 1. The van der Waals surface area contributed by atoms with Crippen molar-refractivity contribution in [3.8, 4) is 0 Å². The summed E-state index contributed by atoms with van der Waals surface area (Å²) < 4.78 is 13.7. The molecule has 2 rings (SSSR count). The van der Waals surface area contributed by atoms with Crippen LogP contribution in [-0.2, 0) is 0 Å². The van der Waals surface area contributed by atoms with Gasteiger partial charge in [-0.05, 0) is 30.3 Å². The summed E-state index contributed by atoms with van der Waals surface area (Å²) in [7, 11) is 0. The van der Waals surface area contributed by atoms with E-state index in [1.165, 1.54) is 30.3 Å². The van der Waals surface area contributed by atoms with E-state index in [0.717, 1.165) is 6.07 Å². The Morgan fingerprint density at radius 1 is 1.24 bits per heavy atom. The molecule has 0 fully saturated rings. The quantitative estimate of drug-likeness (QED) is 0.760. The number of nitrogens with two attached hydrogens (primary N) is 1. The van der Waals surface area contributed by atoms with Crippen molar-refractivity contribution in [3.05, 3.63) is 58.4 Å². The fraction of sp³-hybridized carbons (Fsp3) is 0. The van der Waals surface area contributed by atoms with E-state index < -0.39 is 23.4 Å². The molecule has 0 aliphatic heterocycles. The molecule has 0 saturated carbocycles. The number of benzene rings is 2. The van der Waals surface area contributed by atoms with Crippen molar-refractivity contribution in [2.45, 2.75) is 0 Å². The van der Waals surface area contributed by atoms with Gasteiger partial charge in [0.15, 0.2) is 0 Å². The van der Waals surface area contributed by atoms with E-state index >= 15 is 0 Å². The predicted molar refractivity (Wildman–Crippen MR) is 77.2 cm³/mol. The Balaban J connectivity index is 2.36. The third-order valence-electron chi connectivity index (χ3n) is 2.75. The molecule has 4 N–H and O–H groups in total. The maximum absolute atomic E-state index is 13.7. The van der Waals surface area contributed by atoms with Crippen molar-refractivity contribution in [3.63, 3.8) is 0 Å². The second-order valence-corrected chi connectivity index (χ2v) is 4.57. The van der Waals surface area contributed by atoms with Gasteiger partial charge >= 0.3 is 5.97 Å². The predicted octanol–water partition coefficient (Wildman–Crippen LogP) is 3.01. The number of aromatic carboxylic acids is 1. The molecule has 0 aromatic heterocycles. The lowest BCUT2D eigenvalue weighted by Crippen LogP contribution is -2.16. The van der Waals surface area contributed by atoms with Gasteiger partial charge in [-0.3, -0.25) is 4.79 Å². The molecule has 0 heterocycles. The molecule has 21 heavy (non-hydrogen) atoms. The highest BCUT2D eigenvalue weighted by molar-refractivity contribution is 6.33. The molecule has 5 nitrogen and oxygen atoms in total. The topological polar surface area (TPSA) is 92.4 Å². The number of halogens is 2. The minimum absolute atomic E-state index is 0.133. The average molecular weight is 309 g/mol. The van der Waals surface area contributed by atoms with Gasteiger partial charge < -0.3 is 16.2 Å². The zero-order valence-corrected chi connectivity index (χ0v) is 11.3. The molecule has 1 amide bonds. The van der Waals surface area contributed by atoms with Crippen LogP contribution in [0.4, 0.5) is 15.8 Å². The van der Waals surface area contributed by atoms with Gasteiger partial charge in [0.25, 0.3) is 5.91 Å². The molecule has 0 atom stereocenters. The van der Waals surface area contributed by atoms with Gasteiger partial charge in [-0.1, -0.05) is 17.7 Å². The molecule has 0 radical (unpaired) electrons. The number of carboxylic acid groups (broad SMARTS) is 1. The Morgan fingerprint density at radius 3 is 2.57 bits per heavy atom. The first-order valence-corrected chi connectivity index (χ1v) is 6.16. The summed E-state index contributed by atoms with van der Waals surface area (Å²) in [6.07, 6.45) is 0. The highest BCUT2D eigenvalue weighted by atomic mass is 35.5. The van der Waals surface area contributed by atoms with Gasteiger partial charge in [0, 0.05) is 5.56 Å². The molecule has 0 aliphatic carbocycles. The molecule has 2 aromatic carbocycles. The third kappa shape index (κ3) is 3.11. The van der Waals surface area contributed by atoms with E-state index in [2.05, 4.69) is 5.32 Å². The number of carboxylic acids is 1. The van der Waals surface area contributed by atoms with Crippen LogP contribution in [0.15, 0.2) is 36.4 Å². The molecule has 0 saturated heterocycles. The van der Waals surface area contributed by atoms with Crippen LogP contribution in [0.2, 0.25) is 5.02 Å². The monoisotopic (exact) mass is 308 g/mol. The first kappa shape index (κ1) is 14.8. The molecule has 7 heteroatoms. The van der Waals surface area contributed by atoms with Crippen molar-refractivity contribution < 1.29 is 19.1 Å². The lowest BCUT2D eigenvalue weighted by molar-refractivity contribution is 0.0697. The van der Waals surface area contributed by atoms with Gasteiger partial charge in [-0.2, -0.15) is 0 Å². The van der Waals surface area contributed by atoms with Gasteiger partial charge in [-0.15, -0.1) is 0 Å². The lowest BCUT2D eigenvalue weighted by Gasteiger charge is -2.10. The molecule has 2 aromatic rings. The zero-order chi connectivity index (χ0) is 15.6. The summed E-state index contributed by atoms with van der Waals surface area (Å²) in [5.41, 5.74) is 5.22. The molecular weight excluding hydrogens is 299 g/mol. The summed E-state index contributed by atoms with van der Waals surface area (Å²) in [5.74, 6) is -2.88. The second-order valence-electron chi connectivity index (χ2n) is 4.16. The van der Waals surface area contributed by atoms with E-state index in [-0.39, 0.29) is 16.1 Å². The van der Waals surface area contributed by atoms with Crippen LogP contribution in [0.1, 0.15) is 20.7 Å². The van der Waals surface area contributed by atoms with Crippen LogP contribution < -0.4 is 11.1 Å². The van der Waals surface area contributed by atoms with Crippen molar-refractivity contribution in [1.82, 2.24) is 0 Å². The molecule has 0 spiro atoms. The van der Waals surface area contributed by atoms with Crippen LogP contribution in [0.5, 0.6) is 0 Å². The zero-order valence-electron chi connectivity index (χ0n) is 10.6. The number of amides is 1. The molecule has 0 bridgehead atoms. The molecule has 108 valence electrons. The first-order chi connectivity index (χ1) is 9.90. The Hall–Kier alpha value is -2.60. The number of hydrogen-bond donors (Lipinski definition) is 3. The summed E-state index contributed by atoms with van der Waals surface area (Å²) >= 11 is 5.80. The first-order valence-electron chi connectivity index (χ1n) is 5.78. The summed E-state index contributed by atoms with van der Waals surface area (Å²) in [5, 5.41) is 11.4. The molecule has 0 aliphatic rings. The Kier molecular flexibility index (Phi) is 4.09. The highest BCUT2D eigenvalue weighted by Crippen LogP contribution is 2.23. The van der Waals surface area contributed by atoms with E-state index in [1.807, 2.05) is 0 Å². The Morgan fingerprint density at radius 2 is 1.95 bits per heavy atom. The standard InChI is InChI=1S/C14H10ClFN2O3/c15-9-6-7(4-5-11(9)17)13(19)18-12-8(14(20)21)2-1-3-10(12)16/h1-6H,17H2,(H,18,19)(H,20,21). The van der Waals surface area contributed by atoms with Crippen LogP contribution in [-0.4, -0.2) is 17.0 Å². The number of nitrogen functional groups attached to an aromatic ring is 1. The van der Waals surface area contributed by atoms with Crippen LogP contribution in [0.25, 0.3) is 0 Å². The fourth-order valence-corrected chi connectivity index (χ4v) is 1.86. The van der Waals surface area contributed by atoms with E-state index in [1.54, 1.807) is 0 Å². The maximum Gasteiger partial charge on any atom is 0.337 e. The van der Waals surface area contributed by atoms with Gasteiger partial charge in [-0.25, -0.2) is 9.18 Å². The van der Waals surface area contributed by atoms with Crippen molar-refractivity contribution in [2.75, 3.05) is 11.1 Å². The summed E-state index contributed by atoms with van der Waals surface area (Å²) in [6.45, 7) is 0. The Bertz CT molecular complexity index is 734. The van der Waals surface area contributed by atoms with Crippen molar-refractivity contribution >= 4 is 34.9 Å². The van der Waals surface area contributed by atoms with Gasteiger partial charge in [0.05, 0.1) is 22.0 Å². The fourth-order valence-electron chi connectivity index (χ4n) is 1.68.